The number of aromatic amines is 1. The summed E-state index contributed by atoms with van der Waals surface area (Å²) in [6, 6.07) is 0. The van der Waals surface area contributed by atoms with Gasteiger partial charge in [-0.25, -0.2) is 18.1 Å². The Kier molecular flexibility index (Phi) is 5.17. The molecule has 1 aromatic rings. The standard InChI is InChI=1S/C13H24N4O2S/c1-11-14-8-13(16-11)10-17-7-3-4-12(9-17)5-6-15-20(2,18)19/h8,12,15H,3-7,9-10H2,1-2H3,(H,14,16)/t12-/m0/s1. The Labute approximate surface area is 121 Å². The molecule has 2 heterocycles. The summed E-state index contributed by atoms with van der Waals surface area (Å²) in [5.41, 5.74) is 1.15. The van der Waals surface area contributed by atoms with Crippen LogP contribution in [0.3, 0.4) is 0 Å². The van der Waals surface area contributed by atoms with Gasteiger partial charge < -0.3 is 4.98 Å². The van der Waals surface area contributed by atoms with Crippen LogP contribution < -0.4 is 4.72 Å². The zero-order valence-electron chi connectivity index (χ0n) is 12.2. The zero-order valence-corrected chi connectivity index (χ0v) is 13.0. The predicted molar refractivity (Wildman–Crippen MR) is 78.8 cm³/mol. The molecule has 1 aliphatic heterocycles. The molecular weight excluding hydrogens is 276 g/mol. The highest BCUT2D eigenvalue weighted by Crippen LogP contribution is 2.20. The number of hydrogen-bond acceptors (Lipinski definition) is 4. The lowest BCUT2D eigenvalue weighted by Gasteiger charge is -2.32. The van der Waals surface area contributed by atoms with Crippen LogP contribution in [0, 0.1) is 12.8 Å². The number of likely N-dealkylation sites (tertiary alicyclic amines) is 1. The van der Waals surface area contributed by atoms with E-state index in [4.69, 9.17) is 0 Å². The van der Waals surface area contributed by atoms with Gasteiger partial charge in [0.05, 0.1) is 6.26 Å². The SMILES string of the molecule is Cc1ncc(CN2CCC[C@@H](CCNS(C)(=O)=O)C2)[nH]1. The third kappa shape index (κ3) is 5.22. The maximum atomic E-state index is 11.0. The fourth-order valence-corrected chi connectivity index (χ4v) is 3.26. The van der Waals surface area contributed by atoms with Gasteiger partial charge in [-0.2, -0.15) is 0 Å². The number of nitrogens with one attached hydrogen (secondary N) is 2. The van der Waals surface area contributed by atoms with Gasteiger partial charge in [0, 0.05) is 31.5 Å². The first-order valence-corrected chi connectivity index (χ1v) is 8.99. The molecule has 20 heavy (non-hydrogen) atoms. The van der Waals surface area contributed by atoms with Gasteiger partial charge in [-0.3, -0.25) is 4.90 Å². The number of aryl methyl sites for hydroxylation is 1. The van der Waals surface area contributed by atoms with E-state index in [1.807, 2.05) is 13.1 Å². The van der Waals surface area contributed by atoms with Crippen LogP contribution in [0.2, 0.25) is 0 Å². The molecule has 0 spiro atoms. The molecule has 0 aliphatic carbocycles. The van der Waals surface area contributed by atoms with Crippen molar-refractivity contribution in [1.29, 1.82) is 0 Å². The molecule has 0 aromatic carbocycles. The van der Waals surface area contributed by atoms with Crippen LogP contribution in [-0.2, 0) is 16.6 Å². The smallest absolute Gasteiger partial charge is 0.208 e. The average Bonchev–Trinajstić information content (AvgIpc) is 2.73. The predicted octanol–water partition coefficient (Wildman–Crippen LogP) is 0.869. The molecular formula is C13H24N4O2S. The van der Waals surface area contributed by atoms with E-state index in [2.05, 4.69) is 19.6 Å². The summed E-state index contributed by atoms with van der Waals surface area (Å²) in [5.74, 6) is 1.52. The van der Waals surface area contributed by atoms with Crippen molar-refractivity contribution < 1.29 is 8.42 Å². The number of H-pyrrole nitrogens is 1. The second-order valence-electron chi connectivity index (χ2n) is 5.69. The molecule has 1 atom stereocenters. The minimum Gasteiger partial charge on any atom is -0.345 e. The highest BCUT2D eigenvalue weighted by Gasteiger charge is 2.20. The number of nitrogens with zero attached hydrogens (tertiary/aromatic N) is 2. The molecule has 0 bridgehead atoms. The van der Waals surface area contributed by atoms with E-state index in [0.717, 1.165) is 37.6 Å². The van der Waals surface area contributed by atoms with Gasteiger partial charge in [-0.1, -0.05) is 0 Å². The molecule has 2 rings (SSSR count). The number of rotatable bonds is 6. The fourth-order valence-electron chi connectivity index (χ4n) is 2.77. The highest BCUT2D eigenvalue weighted by atomic mass is 32.2. The van der Waals surface area contributed by atoms with Crippen LogP contribution in [0.15, 0.2) is 6.20 Å². The lowest BCUT2D eigenvalue weighted by atomic mass is 9.95. The van der Waals surface area contributed by atoms with E-state index in [1.54, 1.807) is 0 Å². The number of piperidine rings is 1. The topological polar surface area (TPSA) is 78.1 Å². The Morgan fingerprint density at radius 1 is 1.55 bits per heavy atom. The average molecular weight is 300 g/mol. The van der Waals surface area contributed by atoms with E-state index in [-0.39, 0.29) is 0 Å². The molecule has 1 aromatic heterocycles. The van der Waals surface area contributed by atoms with Gasteiger partial charge in [0.25, 0.3) is 0 Å². The van der Waals surface area contributed by atoms with Gasteiger partial charge in [-0.15, -0.1) is 0 Å². The molecule has 6 nitrogen and oxygen atoms in total. The van der Waals surface area contributed by atoms with Crippen LogP contribution >= 0.6 is 0 Å². The second kappa shape index (κ2) is 6.69. The van der Waals surface area contributed by atoms with Crippen molar-refractivity contribution in [1.82, 2.24) is 19.6 Å². The third-order valence-electron chi connectivity index (χ3n) is 3.67. The minimum absolute atomic E-state index is 0.542. The maximum absolute atomic E-state index is 11.0. The van der Waals surface area contributed by atoms with Crippen molar-refractivity contribution in [3.8, 4) is 0 Å². The normalized spacial score (nSPS) is 21.2. The van der Waals surface area contributed by atoms with Crippen LogP contribution in [0.5, 0.6) is 0 Å². The van der Waals surface area contributed by atoms with E-state index >= 15 is 0 Å². The molecule has 0 amide bonds. The maximum Gasteiger partial charge on any atom is 0.208 e. The summed E-state index contributed by atoms with van der Waals surface area (Å²) in [4.78, 5) is 9.89. The number of hydrogen-bond donors (Lipinski definition) is 2. The Morgan fingerprint density at radius 3 is 3.00 bits per heavy atom. The molecule has 1 saturated heterocycles. The highest BCUT2D eigenvalue weighted by molar-refractivity contribution is 7.88. The number of aromatic nitrogens is 2. The first kappa shape index (κ1) is 15.5. The van der Waals surface area contributed by atoms with Crippen molar-refractivity contribution in [3.63, 3.8) is 0 Å². The van der Waals surface area contributed by atoms with E-state index < -0.39 is 10.0 Å². The van der Waals surface area contributed by atoms with Crippen LogP contribution in [0.4, 0.5) is 0 Å². The Morgan fingerprint density at radius 2 is 2.35 bits per heavy atom. The molecule has 0 radical (unpaired) electrons. The monoisotopic (exact) mass is 300 g/mol. The van der Waals surface area contributed by atoms with Crippen LogP contribution in [0.1, 0.15) is 30.8 Å². The van der Waals surface area contributed by atoms with Crippen LogP contribution in [0.25, 0.3) is 0 Å². The van der Waals surface area contributed by atoms with Crippen molar-refractivity contribution in [2.45, 2.75) is 32.7 Å². The van der Waals surface area contributed by atoms with Crippen LogP contribution in [-0.4, -0.2) is 49.2 Å². The second-order valence-corrected chi connectivity index (χ2v) is 7.53. The Bertz CT molecular complexity index is 526. The molecule has 2 N–H and O–H groups in total. The molecule has 7 heteroatoms. The lowest BCUT2D eigenvalue weighted by Crippen LogP contribution is -2.36. The Balaban J connectivity index is 1.76. The van der Waals surface area contributed by atoms with E-state index in [9.17, 15) is 8.42 Å². The van der Waals surface area contributed by atoms with Gasteiger partial charge >= 0.3 is 0 Å². The van der Waals surface area contributed by atoms with Gasteiger partial charge in [-0.05, 0) is 38.6 Å². The number of sulfonamides is 1. The largest absolute Gasteiger partial charge is 0.345 e. The fraction of sp³-hybridized carbons (Fsp3) is 0.769. The van der Waals surface area contributed by atoms with Crippen molar-refractivity contribution in [3.05, 3.63) is 17.7 Å². The minimum atomic E-state index is -3.06. The van der Waals surface area contributed by atoms with Gasteiger partial charge in [0.15, 0.2) is 0 Å². The van der Waals surface area contributed by atoms with Gasteiger partial charge in [0.1, 0.15) is 5.82 Å². The van der Waals surface area contributed by atoms with Gasteiger partial charge in [0.2, 0.25) is 10.0 Å². The number of imidazole rings is 1. The molecule has 114 valence electrons. The molecule has 1 fully saturated rings. The summed E-state index contributed by atoms with van der Waals surface area (Å²) >= 11 is 0. The third-order valence-corrected chi connectivity index (χ3v) is 4.40. The first-order chi connectivity index (χ1) is 9.42. The summed E-state index contributed by atoms with van der Waals surface area (Å²) in [6.45, 7) is 5.54. The quantitative estimate of drug-likeness (QED) is 0.817. The van der Waals surface area contributed by atoms with Crippen molar-refractivity contribution >= 4 is 10.0 Å². The molecule has 0 unspecified atom stereocenters. The zero-order chi connectivity index (χ0) is 14.6. The summed E-state index contributed by atoms with van der Waals surface area (Å²) in [5, 5.41) is 0. The summed E-state index contributed by atoms with van der Waals surface area (Å²) < 4.78 is 24.7. The summed E-state index contributed by atoms with van der Waals surface area (Å²) in [6.07, 6.45) is 6.37. The van der Waals surface area contributed by atoms with E-state index in [0.29, 0.717) is 12.5 Å². The van der Waals surface area contributed by atoms with E-state index in [1.165, 1.54) is 19.1 Å². The summed E-state index contributed by atoms with van der Waals surface area (Å²) in [7, 11) is -3.06. The Hall–Kier alpha value is -0.920. The van der Waals surface area contributed by atoms with Crippen molar-refractivity contribution in [2.24, 2.45) is 5.92 Å². The first-order valence-electron chi connectivity index (χ1n) is 7.10. The molecule has 0 saturated carbocycles. The molecule has 1 aliphatic rings. The van der Waals surface area contributed by atoms with Crippen molar-refractivity contribution in [2.75, 3.05) is 25.9 Å². The lowest BCUT2D eigenvalue weighted by molar-refractivity contribution is 0.161.